The van der Waals surface area contributed by atoms with Gasteiger partial charge in [-0.3, -0.25) is 4.79 Å². The molecule has 0 saturated heterocycles. The quantitative estimate of drug-likeness (QED) is 0.0972. The van der Waals surface area contributed by atoms with Gasteiger partial charge in [-0.1, -0.05) is 66.7 Å². The van der Waals surface area contributed by atoms with Crippen LogP contribution in [0.25, 0.3) is 0 Å². The van der Waals surface area contributed by atoms with Gasteiger partial charge in [0.25, 0.3) is 11.2 Å². The molecule has 3 rings (SSSR count). The highest BCUT2D eigenvalue weighted by Gasteiger charge is 2.65. The third-order valence-electron chi connectivity index (χ3n) is 8.40. The van der Waals surface area contributed by atoms with E-state index in [1.165, 1.54) is 56.3 Å². The number of carbonyl (C=O) groups is 3. The molecule has 14 heteroatoms. The van der Waals surface area contributed by atoms with Gasteiger partial charge in [0.2, 0.25) is 0 Å². The Hall–Kier alpha value is -3.91. The number of methoxy groups -OCH3 is 2. The summed E-state index contributed by atoms with van der Waals surface area (Å²) in [6.07, 6.45) is -8.45. The van der Waals surface area contributed by atoms with Crippen LogP contribution < -0.4 is 0 Å². The Morgan fingerprint density at radius 2 is 1.37 bits per heavy atom. The van der Waals surface area contributed by atoms with Crippen molar-refractivity contribution in [1.82, 2.24) is 0 Å². The topological polar surface area (TPSA) is 97.4 Å². The summed E-state index contributed by atoms with van der Waals surface area (Å²) in [6.45, 7) is 2.78. The summed E-state index contributed by atoms with van der Waals surface area (Å²) in [5.74, 6) is -5.42. The number of ether oxygens (including phenoxy) is 5. The molecular formula is C35H40F6O8. The predicted octanol–water partition coefficient (Wildman–Crippen LogP) is 7.50. The molecule has 2 aromatic carbocycles. The lowest BCUT2D eigenvalue weighted by Gasteiger charge is -2.34. The molecule has 0 spiro atoms. The normalized spacial score (nSPS) is 22.8. The fourth-order valence-corrected chi connectivity index (χ4v) is 5.61. The third-order valence-corrected chi connectivity index (χ3v) is 8.40. The van der Waals surface area contributed by atoms with Gasteiger partial charge < -0.3 is 23.7 Å². The predicted molar refractivity (Wildman–Crippen MR) is 164 cm³/mol. The molecule has 0 amide bonds. The summed E-state index contributed by atoms with van der Waals surface area (Å²) in [7, 11) is 1.51. The molecule has 2 aromatic rings. The number of halogens is 6. The number of cyclic esters (lactones) is 1. The molecule has 0 unspecified atom stereocenters. The summed E-state index contributed by atoms with van der Waals surface area (Å²) < 4.78 is 111. The molecular weight excluding hydrogens is 662 g/mol. The molecule has 0 N–H and O–H groups in total. The first kappa shape index (κ1) is 39.5. The zero-order valence-electron chi connectivity index (χ0n) is 27.5. The van der Waals surface area contributed by atoms with Crippen molar-refractivity contribution in [2.24, 2.45) is 5.92 Å². The van der Waals surface area contributed by atoms with Gasteiger partial charge in [-0.2, -0.15) is 26.3 Å². The van der Waals surface area contributed by atoms with Crippen LogP contribution in [-0.4, -0.2) is 62.8 Å². The van der Waals surface area contributed by atoms with Crippen molar-refractivity contribution in [1.29, 1.82) is 0 Å². The summed E-state index contributed by atoms with van der Waals surface area (Å²) in [6, 6.07) is 12.7. The zero-order chi connectivity index (χ0) is 36.5. The Kier molecular flexibility index (Phi) is 13.4. The van der Waals surface area contributed by atoms with Gasteiger partial charge in [-0.25, -0.2) is 9.59 Å². The molecule has 0 bridgehead atoms. The number of benzene rings is 2. The van der Waals surface area contributed by atoms with Crippen LogP contribution in [0.4, 0.5) is 26.3 Å². The van der Waals surface area contributed by atoms with Gasteiger partial charge in [0, 0.05) is 25.3 Å². The molecule has 1 aliphatic rings. The highest BCUT2D eigenvalue weighted by molar-refractivity contribution is 5.84. The number of rotatable bonds is 12. The first-order valence-corrected chi connectivity index (χ1v) is 15.7. The molecule has 6 atom stereocenters. The van der Waals surface area contributed by atoms with Gasteiger partial charge in [0.05, 0.1) is 12.0 Å². The van der Waals surface area contributed by atoms with E-state index >= 15 is 0 Å². The minimum atomic E-state index is -5.21. The molecule has 0 saturated carbocycles. The first-order chi connectivity index (χ1) is 23.0. The lowest BCUT2D eigenvalue weighted by molar-refractivity contribution is -0.279. The molecule has 1 heterocycles. The molecule has 1 aliphatic heterocycles. The summed E-state index contributed by atoms with van der Waals surface area (Å²) in [5.41, 5.74) is -7.72. The van der Waals surface area contributed by atoms with E-state index in [9.17, 15) is 40.7 Å². The SMILES string of the molecule is CO[C@](C(=O)O[C@@H](C)CCC[C@@H]1CCC/C=C/[C@@H](OC(=O)[C@@](OC)(c2ccccc2)C(F)(F)F)[C@@H](C)C(=O)O1)(c1ccccc1)C(F)(F)F. The van der Waals surface area contributed by atoms with Gasteiger partial charge in [0.15, 0.2) is 0 Å². The Morgan fingerprint density at radius 3 is 1.86 bits per heavy atom. The number of hydrogen-bond acceptors (Lipinski definition) is 8. The highest BCUT2D eigenvalue weighted by Crippen LogP contribution is 2.44. The second kappa shape index (κ2) is 16.7. The van der Waals surface area contributed by atoms with E-state index in [0.29, 0.717) is 19.3 Å². The minimum Gasteiger partial charge on any atom is -0.462 e. The Bertz CT molecular complexity index is 1410. The summed E-state index contributed by atoms with van der Waals surface area (Å²) in [5, 5.41) is 0. The van der Waals surface area contributed by atoms with Crippen LogP contribution in [-0.2, 0) is 49.3 Å². The summed E-state index contributed by atoms with van der Waals surface area (Å²) in [4.78, 5) is 39.3. The number of allylic oxidation sites excluding steroid dienone is 1. The molecule has 0 fully saturated rings. The van der Waals surface area contributed by atoms with E-state index in [-0.39, 0.29) is 19.3 Å². The molecule has 270 valence electrons. The second-order valence-electron chi connectivity index (χ2n) is 11.7. The van der Waals surface area contributed by atoms with Crippen molar-refractivity contribution in [3.8, 4) is 0 Å². The van der Waals surface area contributed by atoms with Crippen molar-refractivity contribution in [3.63, 3.8) is 0 Å². The van der Waals surface area contributed by atoms with Crippen LogP contribution in [0.3, 0.4) is 0 Å². The van der Waals surface area contributed by atoms with E-state index in [1.807, 2.05) is 0 Å². The van der Waals surface area contributed by atoms with Crippen LogP contribution in [0.5, 0.6) is 0 Å². The van der Waals surface area contributed by atoms with Crippen molar-refractivity contribution in [2.45, 2.75) is 94.2 Å². The molecule has 8 nitrogen and oxygen atoms in total. The van der Waals surface area contributed by atoms with Crippen LogP contribution in [0.2, 0.25) is 0 Å². The molecule has 0 aromatic heterocycles. The zero-order valence-corrected chi connectivity index (χ0v) is 27.5. The average Bonchev–Trinajstić information content (AvgIpc) is 3.04. The lowest BCUT2D eigenvalue weighted by atomic mass is 9.92. The van der Waals surface area contributed by atoms with Crippen molar-refractivity contribution < 1.29 is 64.4 Å². The average molecular weight is 703 g/mol. The maximum absolute atomic E-state index is 14.4. The van der Waals surface area contributed by atoms with Gasteiger partial charge in [-0.05, 0) is 58.4 Å². The Balaban J connectivity index is 1.67. The molecule has 49 heavy (non-hydrogen) atoms. The number of carbonyl (C=O) groups excluding carboxylic acids is 3. The van der Waals surface area contributed by atoms with Crippen LogP contribution in [0.1, 0.15) is 63.5 Å². The lowest BCUT2D eigenvalue weighted by Crippen LogP contribution is -2.53. The van der Waals surface area contributed by atoms with E-state index in [2.05, 4.69) is 0 Å². The van der Waals surface area contributed by atoms with Crippen molar-refractivity contribution >= 4 is 17.9 Å². The van der Waals surface area contributed by atoms with Gasteiger partial charge in [0.1, 0.15) is 12.2 Å². The van der Waals surface area contributed by atoms with E-state index in [0.717, 1.165) is 38.5 Å². The van der Waals surface area contributed by atoms with Gasteiger partial charge in [-0.15, -0.1) is 0 Å². The summed E-state index contributed by atoms with van der Waals surface area (Å²) >= 11 is 0. The molecule has 0 radical (unpaired) electrons. The van der Waals surface area contributed by atoms with Gasteiger partial charge >= 0.3 is 30.3 Å². The first-order valence-electron chi connectivity index (χ1n) is 15.7. The largest absolute Gasteiger partial charge is 0.462 e. The monoisotopic (exact) mass is 702 g/mol. The fourth-order valence-electron chi connectivity index (χ4n) is 5.61. The maximum atomic E-state index is 14.4. The fraction of sp³-hybridized carbons (Fsp3) is 0.514. The molecule has 0 aliphatic carbocycles. The number of alkyl halides is 6. The minimum absolute atomic E-state index is 0.123. The third kappa shape index (κ3) is 8.82. The number of esters is 3. The van der Waals surface area contributed by atoms with Crippen LogP contribution >= 0.6 is 0 Å². The van der Waals surface area contributed by atoms with E-state index in [4.69, 9.17) is 23.7 Å². The van der Waals surface area contributed by atoms with E-state index in [1.54, 1.807) is 6.08 Å². The van der Waals surface area contributed by atoms with Crippen LogP contribution in [0.15, 0.2) is 72.8 Å². The van der Waals surface area contributed by atoms with Crippen molar-refractivity contribution in [2.75, 3.05) is 14.2 Å². The second-order valence-corrected chi connectivity index (χ2v) is 11.7. The number of hydrogen-bond donors (Lipinski definition) is 0. The smallest absolute Gasteiger partial charge is 0.432 e. The maximum Gasteiger partial charge on any atom is 0.432 e. The highest BCUT2D eigenvalue weighted by atomic mass is 19.4. The van der Waals surface area contributed by atoms with Crippen LogP contribution in [0, 0.1) is 5.92 Å². The Morgan fingerprint density at radius 1 is 0.857 bits per heavy atom. The van der Waals surface area contributed by atoms with E-state index < -0.39 is 76.8 Å². The van der Waals surface area contributed by atoms with Crippen molar-refractivity contribution in [3.05, 3.63) is 83.9 Å². The standard InChI is InChI=1S/C35H40F6O8/c1-23(47-30(43)32(45-3,34(36,37)38)25-16-8-5-9-17-25)15-14-21-27-20-12-7-13-22-28(24(2)29(42)48-27)49-31(44)33(46-4,35(39,40)41)26-18-10-6-11-19-26/h5-6,8-11,13,16-19,22-24,27-28H,7,12,14-15,20-21H2,1-4H3/b22-13+/t23-,24+,27-,28+,32-,33-/m0/s1. The Labute approximate surface area is 280 Å².